The number of alkyl halides is 3. The zero-order valence-corrected chi connectivity index (χ0v) is 13.4. The van der Waals surface area contributed by atoms with Gasteiger partial charge < -0.3 is 4.74 Å². The number of nitrogens with zero attached hydrogens (tertiary/aromatic N) is 1. The Morgan fingerprint density at radius 1 is 1.30 bits per heavy atom. The molecule has 0 radical (unpaired) electrons. The lowest BCUT2D eigenvalue weighted by atomic mass is 9.97. The topological polar surface area (TPSA) is 41.6 Å². The number of nitrogens with one attached hydrogen (secondary N) is 1. The Morgan fingerprint density at radius 2 is 1.91 bits per heavy atom. The number of hydrogen-bond acceptors (Lipinski definition) is 3. The standard InChI is InChI=1S/C16H21F3N2O2/c1-15(2)10-14(22)20-21(15)13(16(17,18)19)9-6-11-4-7-12(23-3)8-5-11/h4-5,7-8,13H,6,9-10H2,1-3H3,(H,20,22)/t13-/m0/s1. The Kier molecular flexibility index (Phi) is 4.89. The normalized spacial score (nSPS) is 19.5. The van der Waals surface area contributed by atoms with Crippen molar-refractivity contribution in [3.8, 4) is 5.75 Å². The minimum atomic E-state index is -4.42. The zero-order valence-electron chi connectivity index (χ0n) is 13.4. The molecule has 0 saturated carbocycles. The number of amides is 1. The molecule has 0 aliphatic carbocycles. The molecule has 0 unspecified atom stereocenters. The summed E-state index contributed by atoms with van der Waals surface area (Å²) >= 11 is 0. The molecule has 1 aliphatic heterocycles. The fraction of sp³-hybridized carbons (Fsp3) is 0.562. The molecule has 1 fully saturated rings. The van der Waals surface area contributed by atoms with E-state index in [-0.39, 0.29) is 25.2 Å². The predicted octanol–water partition coefficient (Wildman–Crippen LogP) is 3.07. The van der Waals surface area contributed by atoms with Crippen molar-refractivity contribution in [3.05, 3.63) is 29.8 Å². The molecule has 1 N–H and O–H groups in total. The van der Waals surface area contributed by atoms with Gasteiger partial charge in [-0.05, 0) is 44.4 Å². The Bertz CT molecular complexity index is 555. The average molecular weight is 330 g/mol. The average Bonchev–Trinajstić information content (AvgIpc) is 2.71. The first-order valence-corrected chi connectivity index (χ1v) is 7.42. The number of carbonyl (C=O) groups is 1. The smallest absolute Gasteiger partial charge is 0.405 e. The maximum absolute atomic E-state index is 13.5. The second-order valence-corrected chi connectivity index (χ2v) is 6.34. The fourth-order valence-electron chi connectivity index (χ4n) is 2.84. The summed E-state index contributed by atoms with van der Waals surface area (Å²) in [6, 6.07) is 5.23. The number of methoxy groups -OCH3 is 1. The van der Waals surface area contributed by atoms with E-state index in [4.69, 9.17) is 4.74 Å². The van der Waals surface area contributed by atoms with Crippen LogP contribution in [0.5, 0.6) is 5.75 Å². The van der Waals surface area contributed by atoms with E-state index in [0.717, 1.165) is 10.6 Å². The van der Waals surface area contributed by atoms with Gasteiger partial charge in [0.1, 0.15) is 11.8 Å². The largest absolute Gasteiger partial charge is 0.497 e. The molecule has 1 saturated heterocycles. The first kappa shape index (κ1) is 17.6. The summed E-state index contributed by atoms with van der Waals surface area (Å²) in [4.78, 5) is 11.5. The summed E-state index contributed by atoms with van der Waals surface area (Å²) in [6.45, 7) is 3.27. The molecular formula is C16H21F3N2O2. The van der Waals surface area contributed by atoms with Crippen molar-refractivity contribution < 1.29 is 22.7 Å². The maximum atomic E-state index is 13.5. The molecule has 7 heteroatoms. The number of benzene rings is 1. The van der Waals surface area contributed by atoms with Crippen molar-refractivity contribution in [2.75, 3.05) is 7.11 Å². The third-order valence-electron chi connectivity index (χ3n) is 4.05. The molecule has 2 rings (SSSR count). The number of aryl methyl sites for hydroxylation is 1. The monoisotopic (exact) mass is 330 g/mol. The van der Waals surface area contributed by atoms with Gasteiger partial charge in [0.05, 0.1) is 7.11 Å². The van der Waals surface area contributed by atoms with Gasteiger partial charge in [0.2, 0.25) is 5.91 Å². The number of ether oxygens (including phenoxy) is 1. The number of rotatable bonds is 5. The van der Waals surface area contributed by atoms with Crippen molar-refractivity contribution in [1.29, 1.82) is 0 Å². The van der Waals surface area contributed by atoms with Gasteiger partial charge in [0.15, 0.2) is 0 Å². The molecule has 0 bridgehead atoms. The predicted molar refractivity (Wildman–Crippen MR) is 79.8 cm³/mol. The van der Waals surface area contributed by atoms with Gasteiger partial charge in [-0.15, -0.1) is 0 Å². The number of hydrogen-bond donors (Lipinski definition) is 1. The molecule has 1 heterocycles. The molecule has 1 aliphatic rings. The van der Waals surface area contributed by atoms with E-state index >= 15 is 0 Å². The second-order valence-electron chi connectivity index (χ2n) is 6.34. The minimum Gasteiger partial charge on any atom is -0.497 e. The van der Waals surface area contributed by atoms with Gasteiger partial charge in [-0.2, -0.15) is 13.2 Å². The highest BCUT2D eigenvalue weighted by Gasteiger charge is 2.51. The van der Waals surface area contributed by atoms with Crippen LogP contribution in [0, 0.1) is 0 Å². The first-order chi connectivity index (χ1) is 10.6. The molecule has 0 spiro atoms. The highest BCUT2D eigenvalue weighted by atomic mass is 19.4. The lowest BCUT2D eigenvalue weighted by Crippen LogP contribution is -2.56. The summed E-state index contributed by atoms with van der Waals surface area (Å²) < 4.78 is 45.4. The molecule has 1 aromatic rings. The van der Waals surface area contributed by atoms with E-state index in [1.54, 1.807) is 38.1 Å². The number of hydrazine groups is 1. The Morgan fingerprint density at radius 3 is 2.35 bits per heavy atom. The van der Waals surface area contributed by atoms with Crippen LogP contribution in [-0.4, -0.2) is 35.8 Å². The van der Waals surface area contributed by atoms with Crippen LogP contribution in [0.25, 0.3) is 0 Å². The Labute approximate surface area is 133 Å². The van der Waals surface area contributed by atoms with Crippen molar-refractivity contribution >= 4 is 5.91 Å². The van der Waals surface area contributed by atoms with Crippen LogP contribution < -0.4 is 10.2 Å². The highest BCUT2D eigenvalue weighted by molar-refractivity contribution is 5.78. The molecule has 1 atom stereocenters. The van der Waals surface area contributed by atoms with Crippen molar-refractivity contribution in [2.24, 2.45) is 0 Å². The molecule has 0 aromatic heterocycles. The first-order valence-electron chi connectivity index (χ1n) is 7.42. The maximum Gasteiger partial charge on any atom is 0.405 e. The van der Waals surface area contributed by atoms with Crippen molar-refractivity contribution in [1.82, 2.24) is 10.4 Å². The van der Waals surface area contributed by atoms with Crippen LogP contribution in [0.15, 0.2) is 24.3 Å². The Balaban J connectivity index is 2.12. The summed E-state index contributed by atoms with van der Waals surface area (Å²) in [5, 5.41) is 1.05. The Hall–Kier alpha value is -1.76. The highest BCUT2D eigenvalue weighted by Crippen LogP contribution is 2.35. The van der Waals surface area contributed by atoms with Gasteiger partial charge >= 0.3 is 6.18 Å². The number of halogens is 3. The molecule has 128 valence electrons. The third kappa shape index (κ3) is 4.16. The molecule has 4 nitrogen and oxygen atoms in total. The SMILES string of the molecule is COc1ccc(CC[C@H](N2NC(=O)CC2(C)C)C(F)(F)F)cc1. The number of carbonyl (C=O) groups excluding carboxylic acids is 1. The molecular weight excluding hydrogens is 309 g/mol. The summed E-state index contributed by atoms with van der Waals surface area (Å²) in [5.41, 5.74) is 2.29. The molecule has 1 amide bonds. The van der Waals surface area contributed by atoms with Gasteiger partial charge in [-0.25, -0.2) is 5.01 Å². The fourth-order valence-corrected chi connectivity index (χ4v) is 2.84. The van der Waals surface area contributed by atoms with Gasteiger partial charge in [0.25, 0.3) is 0 Å². The summed E-state index contributed by atoms with van der Waals surface area (Å²) in [7, 11) is 1.53. The van der Waals surface area contributed by atoms with E-state index in [2.05, 4.69) is 5.43 Å². The van der Waals surface area contributed by atoms with E-state index in [1.807, 2.05) is 0 Å². The van der Waals surface area contributed by atoms with E-state index in [1.165, 1.54) is 7.11 Å². The van der Waals surface area contributed by atoms with Crippen molar-refractivity contribution in [2.45, 2.75) is 50.9 Å². The van der Waals surface area contributed by atoms with Gasteiger partial charge in [0, 0.05) is 12.0 Å². The summed E-state index contributed by atoms with van der Waals surface area (Å²) in [6.07, 6.45) is -4.22. The van der Waals surface area contributed by atoms with Gasteiger partial charge in [-0.3, -0.25) is 10.2 Å². The van der Waals surface area contributed by atoms with Crippen LogP contribution in [0.3, 0.4) is 0 Å². The van der Waals surface area contributed by atoms with E-state index in [9.17, 15) is 18.0 Å². The zero-order chi connectivity index (χ0) is 17.3. The summed E-state index contributed by atoms with van der Waals surface area (Å²) in [5.74, 6) is 0.280. The molecule has 23 heavy (non-hydrogen) atoms. The van der Waals surface area contributed by atoms with Gasteiger partial charge in [-0.1, -0.05) is 12.1 Å². The van der Waals surface area contributed by atoms with Crippen LogP contribution >= 0.6 is 0 Å². The minimum absolute atomic E-state index is 0.0577. The lowest BCUT2D eigenvalue weighted by molar-refractivity contribution is -0.202. The van der Waals surface area contributed by atoms with E-state index in [0.29, 0.717) is 5.75 Å². The third-order valence-corrected chi connectivity index (χ3v) is 4.05. The quantitative estimate of drug-likeness (QED) is 0.902. The van der Waals surface area contributed by atoms with Crippen LogP contribution in [-0.2, 0) is 11.2 Å². The second kappa shape index (κ2) is 6.39. The van der Waals surface area contributed by atoms with Crippen LogP contribution in [0.4, 0.5) is 13.2 Å². The van der Waals surface area contributed by atoms with Crippen LogP contribution in [0.1, 0.15) is 32.3 Å². The van der Waals surface area contributed by atoms with Crippen LogP contribution in [0.2, 0.25) is 0 Å². The van der Waals surface area contributed by atoms with E-state index < -0.39 is 17.8 Å². The lowest BCUT2D eigenvalue weighted by Gasteiger charge is -2.37. The van der Waals surface area contributed by atoms with Crippen molar-refractivity contribution in [3.63, 3.8) is 0 Å². The molecule has 1 aromatic carbocycles.